The van der Waals surface area contributed by atoms with Crippen LogP contribution in [0.4, 0.5) is 0 Å². The molecule has 0 radical (unpaired) electrons. The Bertz CT molecular complexity index is 466. The molecule has 0 aliphatic heterocycles. The first kappa shape index (κ1) is 14.0. The smallest absolute Gasteiger partial charge is 0.252 e. The summed E-state index contributed by atoms with van der Waals surface area (Å²) in [5.74, 6) is -0.0911. The summed E-state index contributed by atoms with van der Waals surface area (Å²) in [6.07, 6.45) is 5.00. The number of carbonyl (C=O) groups is 1. The van der Waals surface area contributed by atoms with Crippen LogP contribution in [0.2, 0.25) is 0 Å². The summed E-state index contributed by atoms with van der Waals surface area (Å²) in [6, 6.07) is 1.82. The Morgan fingerprint density at radius 1 is 1.44 bits per heavy atom. The van der Waals surface area contributed by atoms with Crippen LogP contribution < -0.4 is 11.1 Å². The zero-order valence-corrected chi connectivity index (χ0v) is 13.1. The molecule has 2 rings (SSSR count). The predicted octanol–water partition coefficient (Wildman–Crippen LogP) is 3.23. The molecular formula is C12H15BrN2OS2. The maximum atomic E-state index is 12.2. The van der Waals surface area contributed by atoms with Crippen LogP contribution in [0.25, 0.3) is 0 Å². The van der Waals surface area contributed by atoms with Gasteiger partial charge in [0.15, 0.2) is 0 Å². The first-order valence-corrected chi connectivity index (χ1v) is 7.98. The lowest BCUT2D eigenvalue weighted by atomic mass is 9.81. The Hall–Kier alpha value is -0.460. The molecule has 0 aromatic carbocycles. The summed E-state index contributed by atoms with van der Waals surface area (Å²) in [4.78, 5) is 12.6. The quantitative estimate of drug-likeness (QED) is 0.826. The number of nitrogens with one attached hydrogen (secondary N) is 1. The molecular weight excluding hydrogens is 332 g/mol. The number of amides is 1. The van der Waals surface area contributed by atoms with Crippen molar-refractivity contribution < 1.29 is 4.79 Å². The van der Waals surface area contributed by atoms with Gasteiger partial charge in [-0.15, -0.1) is 11.3 Å². The van der Waals surface area contributed by atoms with Crippen molar-refractivity contribution in [2.45, 2.75) is 37.6 Å². The second-order valence-electron chi connectivity index (χ2n) is 4.60. The fraction of sp³-hybridized carbons (Fsp3) is 0.500. The van der Waals surface area contributed by atoms with Gasteiger partial charge in [0.2, 0.25) is 0 Å². The number of carbonyl (C=O) groups excluding carboxylic acids is 1. The molecule has 1 aromatic rings. The van der Waals surface area contributed by atoms with E-state index in [1.54, 1.807) is 0 Å². The highest BCUT2D eigenvalue weighted by Gasteiger charge is 2.36. The van der Waals surface area contributed by atoms with Crippen LogP contribution in [-0.4, -0.2) is 16.4 Å². The molecule has 6 heteroatoms. The number of halogens is 1. The molecule has 1 saturated carbocycles. The van der Waals surface area contributed by atoms with E-state index in [-0.39, 0.29) is 5.91 Å². The fourth-order valence-corrected chi connectivity index (χ4v) is 3.70. The van der Waals surface area contributed by atoms with E-state index in [4.69, 9.17) is 18.0 Å². The van der Waals surface area contributed by atoms with E-state index in [2.05, 4.69) is 21.2 Å². The van der Waals surface area contributed by atoms with Gasteiger partial charge in [0.25, 0.3) is 5.91 Å². The number of hydrogen-bond acceptors (Lipinski definition) is 3. The van der Waals surface area contributed by atoms with E-state index in [9.17, 15) is 4.79 Å². The van der Waals surface area contributed by atoms with E-state index in [0.717, 1.165) is 29.5 Å². The summed E-state index contributed by atoms with van der Waals surface area (Å²) >= 11 is 10.0. The first-order chi connectivity index (χ1) is 8.53. The van der Waals surface area contributed by atoms with Gasteiger partial charge >= 0.3 is 0 Å². The van der Waals surface area contributed by atoms with Crippen molar-refractivity contribution in [3.8, 4) is 0 Å². The molecule has 0 bridgehead atoms. The van der Waals surface area contributed by atoms with Crippen molar-refractivity contribution in [2.24, 2.45) is 5.73 Å². The molecule has 0 saturated heterocycles. The van der Waals surface area contributed by atoms with Gasteiger partial charge in [0, 0.05) is 5.38 Å². The molecule has 1 aliphatic carbocycles. The van der Waals surface area contributed by atoms with Crippen molar-refractivity contribution in [3.63, 3.8) is 0 Å². The lowest BCUT2D eigenvalue weighted by molar-refractivity contribution is 0.0909. The Balaban J connectivity index is 2.14. The number of rotatable bonds is 3. The van der Waals surface area contributed by atoms with Gasteiger partial charge in [-0.2, -0.15) is 0 Å². The average Bonchev–Trinajstić information content (AvgIpc) is 2.77. The third-order valence-electron chi connectivity index (χ3n) is 3.36. The number of thiocarbonyl (C=S) groups is 1. The standard InChI is InChI=1S/C12H15BrN2OS2/c13-9-6-8(7-18-9)10(16)15-12(11(14)17)4-2-1-3-5-12/h6-7H,1-5H2,(H2,14,17)(H,15,16). The normalized spacial score (nSPS) is 18.3. The van der Waals surface area contributed by atoms with Crippen LogP contribution in [-0.2, 0) is 0 Å². The number of hydrogen-bond donors (Lipinski definition) is 2. The van der Waals surface area contributed by atoms with Gasteiger partial charge in [-0.1, -0.05) is 31.5 Å². The van der Waals surface area contributed by atoms with Crippen LogP contribution in [0.1, 0.15) is 42.5 Å². The minimum atomic E-state index is -0.487. The molecule has 18 heavy (non-hydrogen) atoms. The van der Waals surface area contributed by atoms with Gasteiger partial charge in [-0.3, -0.25) is 4.79 Å². The summed E-state index contributed by atoms with van der Waals surface area (Å²) in [6.45, 7) is 0. The molecule has 0 atom stereocenters. The van der Waals surface area contributed by atoms with Crippen molar-refractivity contribution in [1.29, 1.82) is 0 Å². The number of thiophene rings is 1. The fourth-order valence-electron chi connectivity index (χ4n) is 2.31. The zero-order valence-electron chi connectivity index (χ0n) is 9.87. The molecule has 0 spiro atoms. The largest absolute Gasteiger partial charge is 0.391 e. The Kier molecular flexibility index (Phi) is 4.40. The minimum absolute atomic E-state index is 0.0911. The molecule has 3 N–H and O–H groups in total. The molecule has 0 unspecified atom stereocenters. The third-order valence-corrected chi connectivity index (χ3v) is 5.26. The monoisotopic (exact) mass is 346 g/mol. The lowest BCUT2D eigenvalue weighted by Gasteiger charge is -2.37. The highest BCUT2D eigenvalue weighted by Crippen LogP contribution is 2.29. The van der Waals surface area contributed by atoms with E-state index in [0.29, 0.717) is 10.6 Å². The van der Waals surface area contributed by atoms with E-state index in [1.165, 1.54) is 17.8 Å². The Morgan fingerprint density at radius 3 is 2.61 bits per heavy atom. The van der Waals surface area contributed by atoms with Crippen molar-refractivity contribution >= 4 is 50.4 Å². The maximum Gasteiger partial charge on any atom is 0.252 e. The third kappa shape index (κ3) is 2.92. The van der Waals surface area contributed by atoms with Gasteiger partial charge in [-0.25, -0.2) is 0 Å². The Labute approximate surface area is 124 Å². The van der Waals surface area contributed by atoms with Crippen LogP contribution in [0.5, 0.6) is 0 Å². The highest BCUT2D eigenvalue weighted by molar-refractivity contribution is 9.11. The molecule has 1 amide bonds. The summed E-state index contributed by atoms with van der Waals surface area (Å²) in [7, 11) is 0. The van der Waals surface area contributed by atoms with Crippen molar-refractivity contribution in [3.05, 3.63) is 20.8 Å². The SMILES string of the molecule is NC(=S)C1(NC(=O)c2csc(Br)c2)CCCCC1. The van der Waals surface area contributed by atoms with E-state index < -0.39 is 5.54 Å². The predicted molar refractivity (Wildman–Crippen MR) is 82.1 cm³/mol. The second-order valence-corrected chi connectivity index (χ2v) is 7.33. The van der Waals surface area contributed by atoms with Crippen molar-refractivity contribution in [1.82, 2.24) is 5.32 Å². The topological polar surface area (TPSA) is 55.1 Å². The van der Waals surface area contributed by atoms with Crippen LogP contribution >= 0.6 is 39.5 Å². The molecule has 1 fully saturated rings. The van der Waals surface area contributed by atoms with Gasteiger partial charge in [0.05, 0.1) is 19.9 Å². The minimum Gasteiger partial charge on any atom is -0.391 e. The summed E-state index contributed by atoms with van der Waals surface area (Å²) < 4.78 is 0.945. The molecule has 1 aromatic heterocycles. The first-order valence-electron chi connectivity index (χ1n) is 5.90. The maximum absolute atomic E-state index is 12.2. The highest BCUT2D eigenvalue weighted by atomic mass is 79.9. The molecule has 3 nitrogen and oxygen atoms in total. The van der Waals surface area contributed by atoms with Crippen molar-refractivity contribution in [2.75, 3.05) is 0 Å². The van der Waals surface area contributed by atoms with Crippen LogP contribution in [0.3, 0.4) is 0 Å². The molecule has 98 valence electrons. The average molecular weight is 347 g/mol. The van der Waals surface area contributed by atoms with Crippen LogP contribution in [0, 0.1) is 0 Å². The zero-order chi connectivity index (χ0) is 13.2. The van der Waals surface area contributed by atoms with Gasteiger partial charge in [0.1, 0.15) is 0 Å². The van der Waals surface area contributed by atoms with E-state index in [1.807, 2.05) is 11.4 Å². The summed E-state index contributed by atoms with van der Waals surface area (Å²) in [5, 5.41) is 4.87. The molecule has 1 heterocycles. The van der Waals surface area contributed by atoms with Gasteiger partial charge in [-0.05, 0) is 34.8 Å². The summed E-state index contributed by atoms with van der Waals surface area (Å²) in [5.41, 5.74) is 6.02. The number of nitrogens with two attached hydrogens (primary N) is 1. The second kappa shape index (κ2) is 5.67. The van der Waals surface area contributed by atoms with Gasteiger partial charge < -0.3 is 11.1 Å². The lowest BCUT2D eigenvalue weighted by Crippen LogP contribution is -2.57. The van der Waals surface area contributed by atoms with Crippen LogP contribution in [0.15, 0.2) is 15.2 Å². The van der Waals surface area contributed by atoms with E-state index >= 15 is 0 Å². The Morgan fingerprint density at radius 2 is 2.11 bits per heavy atom. The molecule has 1 aliphatic rings.